The maximum Gasteiger partial charge on any atom is 0.0827 e. The molecule has 0 aliphatic carbocycles. The summed E-state index contributed by atoms with van der Waals surface area (Å²) >= 11 is 0. The van der Waals surface area contributed by atoms with Gasteiger partial charge in [-0.1, -0.05) is 13.8 Å². The predicted molar refractivity (Wildman–Crippen MR) is 46.7 cm³/mol. The van der Waals surface area contributed by atoms with Crippen molar-refractivity contribution >= 4 is 0 Å². The van der Waals surface area contributed by atoms with Gasteiger partial charge in [0.1, 0.15) is 0 Å². The lowest BCUT2D eigenvalue weighted by atomic mass is 9.88. The molecule has 1 aliphatic heterocycles. The molecule has 0 amide bonds. The fraction of sp³-hybridized carbons (Fsp3) is 1.00. The van der Waals surface area contributed by atoms with Crippen molar-refractivity contribution in [1.82, 2.24) is 5.32 Å². The Morgan fingerprint density at radius 3 is 2.45 bits per heavy atom. The van der Waals surface area contributed by atoms with Crippen molar-refractivity contribution in [2.24, 2.45) is 0 Å². The number of rotatable bonds is 2. The Balaban J connectivity index is 2.61. The first kappa shape index (κ1) is 9.01. The van der Waals surface area contributed by atoms with Crippen LogP contribution in [0.4, 0.5) is 0 Å². The van der Waals surface area contributed by atoms with Crippen LogP contribution >= 0.6 is 0 Å². The molecule has 1 unspecified atom stereocenters. The van der Waals surface area contributed by atoms with Crippen LogP contribution in [-0.2, 0) is 4.74 Å². The average Bonchev–Trinajstić information content (AvgIpc) is 2.06. The SMILES string of the molecule is CCC1(CC)OCCNC1C. The second kappa shape index (κ2) is 3.55. The highest BCUT2D eigenvalue weighted by Crippen LogP contribution is 2.26. The Labute approximate surface area is 69.3 Å². The molecule has 1 N–H and O–H groups in total. The topological polar surface area (TPSA) is 21.3 Å². The van der Waals surface area contributed by atoms with Gasteiger partial charge in [0, 0.05) is 12.6 Å². The molecule has 0 saturated carbocycles. The van der Waals surface area contributed by atoms with E-state index in [1.807, 2.05) is 0 Å². The monoisotopic (exact) mass is 157 g/mol. The number of hydrogen-bond donors (Lipinski definition) is 1. The molecule has 1 fully saturated rings. The first-order chi connectivity index (χ1) is 5.25. The number of morpholine rings is 1. The molecule has 66 valence electrons. The molecule has 0 spiro atoms. The lowest BCUT2D eigenvalue weighted by Crippen LogP contribution is -2.55. The molecule has 11 heavy (non-hydrogen) atoms. The molecule has 1 atom stereocenters. The van der Waals surface area contributed by atoms with E-state index >= 15 is 0 Å². The van der Waals surface area contributed by atoms with E-state index in [9.17, 15) is 0 Å². The third-order valence-corrected chi connectivity index (χ3v) is 2.93. The molecular weight excluding hydrogens is 138 g/mol. The van der Waals surface area contributed by atoms with Gasteiger partial charge in [0.25, 0.3) is 0 Å². The molecule has 1 aliphatic rings. The van der Waals surface area contributed by atoms with Crippen molar-refractivity contribution in [2.45, 2.75) is 45.3 Å². The van der Waals surface area contributed by atoms with Gasteiger partial charge in [-0.25, -0.2) is 0 Å². The van der Waals surface area contributed by atoms with Gasteiger partial charge < -0.3 is 10.1 Å². The minimum atomic E-state index is 0.109. The first-order valence-electron chi connectivity index (χ1n) is 4.62. The van der Waals surface area contributed by atoms with E-state index < -0.39 is 0 Å². The summed E-state index contributed by atoms with van der Waals surface area (Å²) < 4.78 is 5.81. The van der Waals surface area contributed by atoms with Gasteiger partial charge in [-0.2, -0.15) is 0 Å². The van der Waals surface area contributed by atoms with Crippen LogP contribution in [0.25, 0.3) is 0 Å². The minimum absolute atomic E-state index is 0.109. The molecule has 0 radical (unpaired) electrons. The zero-order valence-electron chi connectivity index (χ0n) is 7.81. The molecule has 1 heterocycles. The minimum Gasteiger partial charge on any atom is -0.372 e. The Bertz CT molecular complexity index is 121. The van der Waals surface area contributed by atoms with Gasteiger partial charge >= 0.3 is 0 Å². The van der Waals surface area contributed by atoms with E-state index in [-0.39, 0.29) is 5.60 Å². The predicted octanol–water partition coefficient (Wildman–Crippen LogP) is 1.55. The maximum atomic E-state index is 5.81. The highest BCUT2D eigenvalue weighted by Gasteiger charge is 2.35. The molecule has 0 aromatic carbocycles. The molecule has 1 rings (SSSR count). The van der Waals surface area contributed by atoms with Crippen LogP contribution in [0.5, 0.6) is 0 Å². The van der Waals surface area contributed by atoms with Crippen LogP contribution < -0.4 is 5.32 Å². The zero-order valence-corrected chi connectivity index (χ0v) is 7.81. The summed E-state index contributed by atoms with van der Waals surface area (Å²) in [4.78, 5) is 0. The smallest absolute Gasteiger partial charge is 0.0827 e. The van der Waals surface area contributed by atoms with Crippen molar-refractivity contribution in [1.29, 1.82) is 0 Å². The van der Waals surface area contributed by atoms with Gasteiger partial charge in [-0.3, -0.25) is 0 Å². The average molecular weight is 157 g/mol. The zero-order chi connectivity index (χ0) is 8.32. The largest absolute Gasteiger partial charge is 0.372 e. The third-order valence-electron chi connectivity index (χ3n) is 2.93. The second-order valence-corrected chi connectivity index (χ2v) is 3.30. The molecule has 0 aromatic heterocycles. The van der Waals surface area contributed by atoms with Gasteiger partial charge in [-0.05, 0) is 19.8 Å². The molecule has 1 saturated heterocycles. The Hall–Kier alpha value is -0.0800. The van der Waals surface area contributed by atoms with Crippen LogP contribution in [0.3, 0.4) is 0 Å². The van der Waals surface area contributed by atoms with Crippen molar-refractivity contribution in [3.63, 3.8) is 0 Å². The van der Waals surface area contributed by atoms with E-state index in [1.54, 1.807) is 0 Å². The Morgan fingerprint density at radius 2 is 2.09 bits per heavy atom. The van der Waals surface area contributed by atoms with Crippen molar-refractivity contribution < 1.29 is 4.74 Å². The van der Waals surface area contributed by atoms with Crippen LogP contribution in [0.2, 0.25) is 0 Å². The Morgan fingerprint density at radius 1 is 1.45 bits per heavy atom. The summed E-state index contributed by atoms with van der Waals surface area (Å²) in [5.41, 5.74) is 0.109. The molecular formula is C9H19NO. The summed E-state index contributed by atoms with van der Waals surface area (Å²) in [6.07, 6.45) is 2.22. The van der Waals surface area contributed by atoms with Gasteiger partial charge in [0.2, 0.25) is 0 Å². The third kappa shape index (κ3) is 1.57. The maximum absolute atomic E-state index is 5.81. The highest BCUT2D eigenvalue weighted by atomic mass is 16.5. The van der Waals surface area contributed by atoms with Crippen LogP contribution in [0.15, 0.2) is 0 Å². The quantitative estimate of drug-likeness (QED) is 0.656. The summed E-state index contributed by atoms with van der Waals surface area (Å²) in [5.74, 6) is 0. The van der Waals surface area contributed by atoms with Crippen LogP contribution in [0.1, 0.15) is 33.6 Å². The van der Waals surface area contributed by atoms with Crippen molar-refractivity contribution in [3.8, 4) is 0 Å². The molecule has 0 aromatic rings. The number of nitrogens with one attached hydrogen (secondary N) is 1. The molecule has 0 bridgehead atoms. The van der Waals surface area contributed by atoms with E-state index in [2.05, 4.69) is 26.1 Å². The van der Waals surface area contributed by atoms with E-state index in [1.165, 1.54) is 0 Å². The fourth-order valence-corrected chi connectivity index (χ4v) is 1.91. The van der Waals surface area contributed by atoms with Gasteiger partial charge in [0.05, 0.1) is 12.2 Å². The summed E-state index contributed by atoms with van der Waals surface area (Å²) in [6.45, 7) is 8.49. The van der Waals surface area contributed by atoms with E-state index in [0.717, 1.165) is 26.0 Å². The van der Waals surface area contributed by atoms with Crippen molar-refractivity contribution in [3.05, 3.63) is 0 Å². The van der Waals surface area contributed by atoms with Crippen LogP contribution in [-0.4, -0.2) is 24.8 Å². The number of hydrogen-bond acceptors (Lipinski definition) is 2. The lowest BCUT2D eigenvalue weighted by molar-refractivity contribution is -0.0969. The normalized spacial score (nSPS) is 30.3. The summed E-state index contributed by atoms with van der Waals surface area (Å²) in [6, 6.07) is 0.506. The van der Waals surface area contributed by atoms with Gasteiger partial charge in [-0.15, -0.1) is 0 Å². The Kier molecular flexibility index (Phi) is 2.90. The standard InChI is InChI=1S/C9H19NO/c1-4-9(5-2)8(3)10-6-7-11-9/h8,10H,4-7H2,1-3H3. The number of ether oxygens (including phenoxy) is 1. The van der Waals surface area contributed by atoms with E-state index in [0.29, 0.717) is 6.04 Å². The molecule has 2 nitrogen and oxygen atoms in total. The van der Waals surface area contributed by atoms with Crippen molar-refractivity contribution in [2.75, 3.05) is 13.2 Å². The molecule has 2 heteroatoms. The first-order valence-corrected chi connectivity index (χ1v) is 4.62. The fourth-order valence-electron chi connectivity index (χ4n) is 1.91. The van der Waals surface area contributed by atoms with E-state index in [4.69, 9.17) is 4.74 Å². The second-order valence-electron chi connectivity index (χ2n) is 3.30. The highest BCUT2D eigenvalue weighted by molar-refractivity contribution is 4.91. The van der Waals surface area contributed by atoms with Gasteiger partial charge in [0.15, 0.2) is 0 Å². The summed E-state index contributed by atoms with van der Waals surface area (Å²) in [5, 5.41) is 3.45. The van der Waals surface area contributed by atoms with Crippen LogP contribution in [0, 0.1) is 0 Å². The summed E-state index contributed by atoms with van der Waals surface area (Å²) in [7, 11) is 0. The lowest BCUT2D eigenvalue weighted by Gasteiger charge is -2.42.